The number of nitrogens with one attached hydrogen (secondary N) is 1. The second kappa shape index (κ2) is 7.82. The summed E-state index contributed by atoms with van der Waals surface area (Å²) in [5.41, 5.74) is 1.05. The van der Waals surface area contributed by atoms with Crippen LogP contribution in [0.25, 0.3) is 0 Å². The van der Waals surface area contributed by atoms with Gasteiger partial charge in [-0.05, 0) is 19.8 Å². The zero-order valence-corrected chi connectivity index (χ0v) is 10.4. The molecular weight excluding hydrogens is 202 g/mol. The molecule has 0 aromatic heterocycles. The molecule has 0 amide bonds. The van der Waals surface area contributed by atoms with Crippen LogP contribution in [0.1, 0.15) is 39.0 Å². The Morgan fingerprint density at radius 1 is 1.38 bits per heavy atom. The van der Waals surface area contributed by atoms with Crippen molar-refractivity contribution in [2.45, 2.75) is 51.2 Å². The maximum absolute atomic E-state index is 9.88. The first-order valence-corrected chi connectivity index (χ1v) is 6.33. The van der Waals surface area contributed by atoms with E-state index in [2.05, 4.69) is 11.9 Å². The lowest BCUT2D eigenvalue weighted by atomic mass is 10.1. The largest absolute Gasteiger partial charge is 0.392 e. The smallest absolute Gasteiger partial charge is 0.0693 e. The summed E-state index contributed by atoms with van der Waals surface area (Å²) >= 11 is 0. The van der Waals surface area contributed by atoms with E-state index in [0.717, 1.165) is 31.4 Å². The Morgan fingerprint density at radius 2 is 2.12 bits per heavy atom. The topological polar surface area (TPSA) is 41.5 Å². The summed E-state index contributed by atoms with van der Waals surface area (Å²) < 4.78 is 5.41. The Balaban J connectivity index is 2.08. The molecular formula is C13H25NO2. The first-order chi connectivity index (χ1) is 7.70. The molecule has 94 valence electrons. The average molecular weight is 227 g/mol. The minimum Gasteiger partial charge on any atom is -0.392 e. The molecule has 0 heterocycles. The van der Waals surface area contributed by atoms with Crippen molar-refractivity contribution in [3.05, 3.63) is 12.2 Å². The van der Waals surface area contributed by atoms with Gasteiger partial charge < -0.3 is 15.2 Å². The highest BCUT2D eigenvalue weighted by Crippen LogP contribution is 2.17. The zero-order valence-electron chi connectivity index (χ0n) is 10.4. The van der Waals surface area contributed by atoms with Crippen molar-refractivity contribution in [2.24, 2.45) is 0 Å². The van der Waals surface area contributed by atoms with Gasteiger partial charge in [0, 0.05) is 12.6 Å². The summed E-state index contributed by atoms with van der Waals surface area (Å²) in [7, 11) is 0. The predicted molar refractivity (Wildman–Crippen MR) is 66.5 cm³/mol. The lowest BCUT2D eigenvalue weighted by Gasteiger charge is -2.21. The van der Waals surface area contributed by atoms with Crippen molar-refractivity contribution in [3.8, 4) is 0 Å². The Labute approximate surface area is 98.9 Å². The molecule has 0 radical (unpaired) electrons. The van der Waals surface area contributed by atoms with Crippen LogP contribution in [0.15, 0.2) is 12.2 Å². The molecule has 0 spiro atoms. The highest BCUT2D eigenvalue weighted by atomic mass is 16.5. The van der Waals surface area contributed by atoms with Crippen molar-refractivity contribution in [1.29, 1.82) is 0 Å². The number of rotatable bonds is 6. The van der Waals surface area contributed by atoms with Gasteiger partial charge in [-0.2, -0.15) is 0 Å². The van der Waals surface area contributed by atoms with Crippen LogP contribution >= 0.6 is 0 Å². The Kier molecular flexibility index (Phi) is 6.69. The number of aliphatic hydroxyl groups excluding tert-OH is 1. The fraction of sp³-hybridized carbons (Fsp3) is 0.846. The SMILES string of the molecule is C=C(C)COCCNC1CCCCCC1O. The fourth-order valence-corrected chi connectivity index (χ4v) is 2.09. The average Bonchev–Trinajstić information content (AvgIpc) is 2.43. The summed E-state index contributed by atoms with van der Waals surface area (Å²) in [6.45, 7) is 7.88. The standard InChI is InChI=1S/C13H25NO2/c1-11(2)10-16-9-8-14-12-6-4-3-5-7-13(12)15/h12-15H,1,3-10H2,2H3. The second-order valence-electron chi connectivity index (χ2n) is 4.78. The van der Waals surface area contributed by atoms with Crippen molar-refractivity contribution < 1.29 is 9.84 Å². The molecule has 1 fully saturated rings. The Morgan fingerprint density at radius 3 is 2.88 bits per heavy atom. The molecule has 16 heavy (non-hydrogen) atoms. The minimum atomic E-state index is -0.177. The third kappa shape index (κ3) is 5.64. The van der Waals surface area contributed by atoms with Crippen LogP contribution in [0.5, 0.6) is 0 Å². The van der Waals surface area contributed by atoms with Crippen molar-refractivity contribution in [1.82, 2.24) is 5.32 Å². The van der Waals surface area contributed by atoms with Crippen LogP contribution in [0.2, 0.25) is 0 Å². The maximum atomic E-state index is 9.88. The van der Waals surface area contributed by atoms with Gasteiger partial charge in [0.1, 0.15) is 0 Å². The van der Waals surface area contributed by atoms with E-state index in [1.54, 1.807) is 0 Å². The zero-order chi connectivity index (χ0) is 11.8. The summed E-state index contributed by atoms with van der Waals surface area (Å²) in [5, 5.41) is 13.3. The normalized spacial score (nSPS) is 26.4. The van der Waals surface area contributed by atoms with Gasteiger partial charge in [0.05, 0.1) is 19.3 Å². The summed E-state index contributed by atoms with van der Waals surface area (Å²) in [6.07, 6.45) is 5.48. The van der Waals surface area contributed by atoms with Gasteiger partial charge in [0.15, 0.2) is 0 Å². The monoisotopic (exact) mass is 227 g/mol. The number of hydrogen-bond donors (Lipinski definition) is 2. The van der Waals surface area contributed by atoms with Crippen LogP contribution in [-0.4, -0.2) is 37.0 Å². The van der Waals surface area contributed by atoms with E-state index in [4.69, 9.17) is 4.74 Å². The van der Waals surface area contributed by atoms with Crippen LogP contribution < -0.4 is 5.32 Å². The molecule has 3 nitrogen and oxygen atoms in total. The van der Waals surface area contributed by atoms with Gasteiger partial charge in [-0.3, -0.25) is 0 Å². The van der Waals surface area contributed by atoms with Gasteiger partial charge in [0.2, 0.25) is 0 Å². The van der Waals surface area contributed by atoms with Crippen molar-refractivity contribution in [2.75, 3.05) is 19.8 Å². The van der Waals surface area contributed by atoms with Gasteiger partial charge in [0.25, 0.3) is 0 Å². The minimum absolute atomic E-state index is 0.177. The first-order valence-electron chi connectivity index (χ1n) is 6.33. The third-order valence-corrected chi connectivity index (χ3v) is 2.98. The van der Waals surface area contributed by atoms with Crippen LogP contribution in [0.4, 0.5) is 0 Å². The highest BCUT2D eigenvalue weighted by molar-refractivity contribution is 4.87. The van der Waals surface area contributed by atoms with E-state index < -0.39 is 0 Å². The van der Waals surface area contributed by atoms with Crippen molar-refractivity contribution >= 4 is 0 Å². The van der Waals surface area contributed by atoms with E-state index in [9.17, 15) is 5.11 Å². The molecule has 2 atom stereocenters. The van der Waals surface area contributed by atoms with Crippen LogP contribution in [0.3, 0.4) is 0 Å². The third-order valence-electron chi connectivity index (χ3n) is 2.98. The van der Waals surface area contributed by atoms with Gasteiger partial charge in [-0.15, -0.1) is 0 Å². The number of ether oxygens (including phenoxy) is 1. The molecule has 0 saturated heterocycles. The molecule has 3 heteroatoms. The van der Waals surface area contributed by atoms with Crippen LogP contribution in [-0.2, 0) is 4.74 Å². The van der Waals surface area contributed by atoms with Crippen molar-refractivity contribution in [3.63, 3.8) is 0 Å². The maximum Gasteiger partial charge on any atom is 0.0693 e. The predicted octanol–water partition coefficient (Wildman–Crippen LogP) is 1.86. The molecule has 0 aliphatic heterocycles. The van der Waals surface area contributed by atoms with Crippen LogP contribution in [0, 0.1) is 0 Å². The molecule has 1 saturated carbocycles. The molecule has 2 N–H and O–H groups in total. The number of aliphatic hydroxyl groups is 1. The first kappa shape index (κ1) is 13.7. The van der Waals surface area contributed by atoms with E-state index in [1.807, 2.05) is 6.92 Å². The quantitative estimate of drug-likeness (QED) is 0.413. The lowest BCUT2D eigenvalue weighted by Crippen LogP contribution is -2.40. The van der Waals surface area contributed by atoms with Gasteiger partial charge in [-0.25, -0.2) is 0 Å². The van der Waals surface area contributed by atoms with E-state index in [-0.39, 0.29) is 12.1 Å². The molecule has 1 aliphatic rings. The Bertz CT molecular complexity index is 206. The summed E-state index contributed by atoms with van der Waals surface area (Å²) in [4.78, 5) is 0. The second-order valence-corrected chi connectivity index (χ2v) is 4.78. The molecule has 1 rings (SSSR count). The Hall–Kier alpha value is -0.380. The number of hydrogen-bond acceptors (Lipinski definition) is 3. The molecule has 0 bridgehead atoms. The van der Waals surface area contributed by atoms with Gasteiger partial charge >= 0.3 is 0 Å². The van der Waals surface area contributed by atoms with E-state index in [1.165, 1.54) is 12.8 Å². The summed E-state index contributed by atoms with van der Waals surface area (Å²) in [5.74, 6) is 0. The molecule has 2 unspecified atom stereocenters. The van der Waals surface area contributed by atoms with Gasteiger partial charge in [-0.1, -0.05) is 31.4 Å². The molecule has 1 aliphatic carbocycles. The van der Waals surface area contributed by atoms with E-state index >= 15 is 0 Å². The van der Waals surface area contributed by atoms with E-state index in [0.29, 0.717) is 13.2 Å². The lowest BCUT2D eigenvalue weighted by molar-refractivity contribution is 0.107. The molecule has 0 aromatic carbocycles. The molecule has 0 aromatic rings. The summed E-state index contributed by atoms with van der Waals surface area (Å²) in [6, 6.07) is 0.260. The fourth-order valence-electron chi connectivity index (χ4n) is 2.09. The highest BCUT2D eigenvalue weighted by Gasteiger charge is 2.20.